The SMILES string of the molecule is CCNC(CC1CC1)c1cc(Br)ccc1OC. The van der Waals surface area contributed by atoms with Crippen molar-refractivity contribution in [2.45, 2.75) is 32.2 Å². The normalized spacial score (nSPS) is 16.9. The van der Waals surface area contributed by atoms with Crippen LogP contribution in [0.3, 0.4) is 0 Å². The summed E-state index contributed by atoms with van der Waals surface area (Å²) in [5.74, 6) is 1.89. The van der Waals surface area contributed by atoms with Gasteiger partial charge in [-0.1, -0.05) is 35.7 Å². The van der Waals surface area contributed by atoms with Crippen molar-refractivity contribution in [3.63, 3.8) is 0 Å². The highest BCUT2D eigenvalue weighted by Crippen LogP contribution is 2.40. The van der Waals surface area contributed by atoms with Gasteiger partial charge in [-0.25, -0.2) is 0 Å². The van der Waals surface area contributed by atoms with Crippen LogP contribution in [0, 0.1) is 5.92 Å². The van der Waals surface area contributed by atoms with Crippen molar-refractivity contribution in [1.82, 2.24) is 5.32 Å². The van der Waals surface area contributed by atoms with Crippen LogP contribution in [0.4, 0.5) is 0 Å². The number of ether oxygens (including phenoxy) is 1. The molecule has 1 atom stereocenters. The van der Waals surface area contributed by atoms with Gasteiger partial charge in [0.1, 0.15) is 5.75 Å². The number of nitrogens with one attached hydrogen (secondary N) is 1. The summed E-state index contributed by atoms with van der Waals surface area (Å²) < 4.78 is 6.59. The van der Waals surface area contributed by atoms with Gasteiger partial charge in [-0.2, -0.15) is 0 Å². The summed E-state index contributed by atoms with van der Waals surface area (Å²) in [6.07, 6.45) is 4.00. The van der Waals surface area contributed by atoms with E-state index in [1.807, 2.05) is 12.1 Å². The predicted octanol–water partition coefficient (Wildman–Crippen LogP) is 3.91. The molecule has 2 rings (SSSR count). The topological polar surface area (TPSA) is 21.3 Å². The van der Waals surface area contributed by atoms with Gasteiger partial charge in [-0.15, -0.1) is 0 Å². The fourth-order valence-electron chi connectivity index (χ4n) is 2.23. The lowest BCUT2D eigenvalue weighted by Gasteiger charge is -2.21. The molecule has 1 aromatic carbocycles. The number of hydrogen-bond acceptors (Lipinski definition) is 2. The fraction of sp³-hybridized carbons (Fsp3) is 0.571. The third kappa shape index (κ3) is 3.46. The zero-order valence-corrected chi connectivity index (χ0v) is 12.1. The van der Waals surface area contributed by atoms with Crippen LogP contribution in [0.5, 0.6) is 5.75 Å². The summed E-state index contributed by atoms with van der Waals surface area (Å²) in [6.45, 7) is 3.15. The molecule has 1 unspecified atom stereocenters. The number of hydrogen-bond donors (Lipinski definition) is 1. The summed E-state index contributed by atoms with van der Waals surface area (Å²) in [5.41, 5.74) is 1.27. The summed E-state index contributed by atoms with van der Waals surface area (Å²) in [7, 11) is 1.74. The summed E-state index contributed by atoms with van der Waals surface area (Å²) in [6, 6.07) is 6.66. The molecule has 0 aromatic heterocycles. The van der Waals surface area contributed by atoms with Crippen LogP contribution in [0.2, 0.25) is 0 Å². The van der Waals surface area contributed by atoms with E-state index in [0.29, 0.717) is 6.04 Å². The molecule has 0 aliphatic heterocycles. The number of rotatable bonds is 6. The lowest BCUT2D eigenvalue weighted by molar-refractivity contribution is 0.392. The second-order valence-electron chi connectivity index (χ2n) is 4.68. The summed E-state index contributed by atoms with van der Waals surface area (Å²) >= 11 is 3.54. The molecule has 0 amide bonds. The molecular weight excluding hydrogens is 278 g/mol. The Bertz CT molecular complexity index is 376. The Hall–Kier alpha value is -0.540. The molecule has 0 radical (unpaired) electrons. The highest BCUT2D eigenvalue weighted by atomic mass is 79.9. The van der Waals surface area contributed by atoms with E-state index >= 15 is 0 Å². The predicted molar refractivity (Wildman–Crippen MR) is 74.5 cm³/mol. The molecule has 94 valence electrons. The number of benzene rings is 1. The van der Waals surface area contributed by atoms with Crippen molar-refractivity contribution in [3.8, 4) is 5.75 Å². The van der Waals surface area contributed by atoms with Crippen LogP contribution in [0.1, 0.15) is 37.8 Å². The van der Waals surface area contributed by atoms with Gasteiger partial charge in [0, 0.05) is 16.1 Å². The van der Waals surface area contributed by atoms with Crippen molar-refractivity contribution >= 4 is 15.9 Å². The Labute approximate surface area is 112 Å². The molecule has 0 saturated heterocycles. The van der Waals surface area contributed by atoms with Gasteiger partial charge >= 0.3 is 0 Å². The Kier molecular flexibility index (Phi) is 4.46. The fourth-order valence-corrected chi connectivity index (χ4v) is 2.61. The lowest BCUT2D eigenvalue weighted by Crippen LogP contribution is -2.22. The van der Waals surface area contributed by atoms with E-state index in [9.17, 15) is 0 Å². The Morgan fingerprint density at radius 3 is 2.82 bits per heavy atom. The van der Waals surface area contributed by atoms with Gasteiger partial charge in [0.15, 0.2) is 0 Å². The minimum Gasteiger partial charge on any atom is -0.496 e. The van der Waals surface area contributed by atoms with Crippen LogP contribution in [0.25, 0.3) is 0 Å². The quantitative estimate of drug-likeness (QED) is 0.860. The second kappa shape index (κ2) is 5.87. The monoisotopic (exact) mass is 297 g/mol. The van der Waals surface area contributed by atoms with Crippen LogP contribution < -0.4 is 10.1 Å². The van der Waals surface area contributed by atoms with E-state index < -0.39 is 0 Å². The molecule has 1 saturated carbocycles. The van der Waals surface area contributed by atoms with Crippen LogP contribution in [-0.4, -0.2) is 13.7 Å². The van der Waals surface area contributed by atoms with Gasteiger partial charge in [-0.05, 0) is 37.1 Å². The van der Waals surface area contributed by atoms with Crippen LogP contribution >= 0.6 is 15.9 Å². The first-order chi connectivity index (χ1) is 8.24. The molecule has 0 bridgehead atoms. The summed E-state index contributed by atoms with van der Waals surface area (Å²) in [5, 5.41) is 3.57. The molecule has 1 aliphatic carbocycles. The van der Waals surface area contributed by atoms with Crippen molar-refractivity contribution in [2.75, 3.05) is 13.7 Å². The van der Waals surface area contributed by atoms with E-state index in [1.165, 1.54) is 24.8 Å². The zero-order chi connectivity index (χ0) is 12.3. The van der Waals surface area contributed by atoms with E-state index in [0.717, 1.165) is 22.7 Å². The molecule has 1 fully saturated rings. The minimum atomic E-state index is 0.417. The van der Waals surface area contributed by atoms with E-state index in [4.69, 9.17) is 4.74 Å². The van der Waals surface area contributed by atoms with Gasteiger partial charge in [0.25, 0.3) is 0 Å². The average Bonchev–Trinajstić information content (AvgIpc) is 3.12. The third-order valence-corrected chi connectivity index (χ3v) is 3.78. The second-order valence-corrected chi connectivity index (χ2v) is 5.59. The lowest BCUT2D eigenvalue weighted by atomic mass is 10.00. The molecule has 3 heteroatoms. The van der Waals surface area contributed by atoms with Gasteiger partial charge in [0.2, 0.25) is 0 Å². The maximum atomic E-state index is 5.47. The van der Waals surface area contributed by atoms with E-state index in [1.54, 1.807) is 7.11 Å². The molecule has 1 N–H and O–H groups in total. The minimum absolute atomic E-state index is 0.417. The molecule has 1 aromatic rings. The first-order valence-electron chi connectivity index (χ1n) is 6.31. The standard InChI is InChI=1S/C14H20BrNO/c1-3-16-13(8-10-4-5-10)12-9-11(15)6-7-14(12)17-2/h6-7,9-10,13,16H,3-5,8H2,1-2H3. The van der Waals surface area contributed by atoms with Crippen molar-refractivity contribution in [2.24, 2.45) is 5.92 Å². The largest absolute Gasteiger partial charge is 0.496 e. The van der Waals surface area contributed by atoms with Gasteiger partial charge in [-0.3, -0.25) is 0 Å². The van der Waals surface area contributed by atoms with Crippen LogP contribution in [-0.2, 0) is 0 Å². The third-order valence-electron chi connectivity index (χ3n) is 3.28. The Balaban J connectivity index is 2.22. The van der Waals surface area contributed by atoms with E-state index in [-0.39, 0.29) is 0 Å². The van der Waals surface area contributed by atoms with Crippen molar-refractivity contribution in [1.29, 1.82) is 0 Å². The highest BCUT2D eigenvalue weighted by molar-refractivity contribution is 9.10. The van der Waals surface area contributed by atoms with Gasteiger partial charge < -0.3 is 10.1 Å². The van der Waals surface area contributed by atoms with E-state index in [2.05, 4.69) is 34.2 Å². The zero-order valence-electron chi connectivity index (χ0n) is 10.5. The molecule has 0 spiro atoms. The Morgan fingerprint density at radius 2 is 2.24 bits per heavy atom. The molecule has 17 heavy (non-hydrogen) atoms. The first-order valence-corrected chi connectivity index (χ1v) is 7.10. The van der Waals surface area contributed by atoms with Gasteiger partial charge in [0.05, 0.1) is 7.11 Å². The molecular formula is C14H20BrNO. The molecule has 2 nitrogen and oxygen atoms in total. The number of halogens is 1. The average molecular weight is 298 g/mol. The molecule has 1 aliphatic rings. The van der Waals surface area contributed by atoms with Crippen molar-refractivity contribution in [3.05, 3.63) is 28.2 Å². The maximum absolute atomic E-state index is 5.47. The maximum Gasteiger partial charge on any atom is 0.123 e. The molecule has 0 heterocycles. The smallest absolute Gasteiger partial charge is 0.123 e. The Morgan fingerprint density at radius 1 is 1.47 bits per heavy atom. The van der Waals surface area contributed by atoms with Crippen molar-refractivity contribution < 1.29 is 4.74 Å². The first kappa shape index (κ1) is 12.9. The van der Waals surface area contributed by atoms with Crippen LogP contribution in [0.15, 0.2) is 22.7 Å². The highest BCUT2D eigenvalue weighted by Gasteiger charge is 2.27. The number of methoxy groups -OCH3 is 1. The summed E-state index contributed by atoms with van der Waals surface area (Å²) in [4.78, 5) is 0.